The molecule has 2 aromatic heterocycles. The van der Waals surface area contributed by atoms with E-state index in [-0.39, 0.29) is 11.9 Å². The molecule has 1 atom stereocenters. The maximum Gasteiger partial charge on any atom is 0.235 e. The smallest absolute Gasteiger partial charge is 0.235 e. The molecule has 0 aliphatic carbocycles. The lowest BCUT2D eigenvalue weighted by Crippen LogP contribution is -2.03. The Labute approximate surface area is 129 Å². The van der Waals surface area contributed by atoms with Gasteiger partial charge in [-0.3, -0.25) is 0 Å². The third-order valence-electron chi connectivity index (χ3n) is 3.41. The molecule has 0 bridgehead atoms. The topological polar surface area (TPSA) is 72.5 Å². The van der Waals surface area contributed by atoms with Crippen molar-refractivity contribution in [3.63, 3.8) is 0 Å². The van der Waals surface area contributed by atoms with E-state index >= 15 is 0 Å². The van der Waals surface area contributed by atoms with Crippen LogP contribution in [-0.4, -0.2) is 31.5 Å². The monoisotopic (exact) mass is 322 g/mol. The summed E-state index contributed by atoms with van der Waals surface area (Å²) in [4.78, 5) is 0.690. The zero-order valence-electron chi connectivity index (χ0n) is 10.9. The first-order chi connectivity index (χ1) is 10.2. The minimum atomic E-state index is -0.0467. The maximum absolute atomic E-state index is 9.61. The number of ether oxygens (including phenoxy) is 1. The summed E-state index contributed by atoms with van der Waals surface area (Å²) in [5, 5.41) is 23.7. The van der Waals surface area contributed by atoms with Gasteiger partial charge in [-0.05, 0) is 31.0 Å². The molecule has 1 aliphatic heterocycles. The van der Waals surface area contributed by atoms with E-state index < -0.39 is 0 Å². The van der Waals surface area contributed by atoms with Crippen molar-refractivity contribution in [3.05, 3.63) is 29.0 Å². The van der Waals surface area contributed by atoms with Gasteiger partial charge >= 0.3 is 0 Å². The Balaban J connectivity index is 1.82. The van der Waals surface area contributed by atoms with Crippen molar-refractivity contribution in [1.82, 2.24) is 19.8 Å². The summed E-state index contributed by atoms with van der Waals surface area (Å²) in [6, 6.07) is 4.79. The number of fused-ring (bicyclic) bond motifs is 1. The first-order valence-corrected chi connectivity index (χ1v) is 7.74. The molecule has 6 nitrogen and oxygen atoms in total. The van der Waals surface area contributed by atoms with Gasteiger partial charge in [-0.25, -0.2) is 0 Å². The van der Waals surface area contributed by atoms with E-state index in [1.165, 1.54) is 11.3 Å². The number of benzene rings is 1. The van der Waals surface area contributed by atoms with Crippen LogP contribution in [0.1, 0.15) is 24.8 Å². The van der Waals surface area contributed by atoms with Crippen LogP contribution in [0.15, 0.2) is 18.2 Å². The van der Waals surface area contributed by atoms with E-state index in [0.29, 0.717) is 20.6 Å². The van der Waals surface area contributed by atoms with Gasteiger partial charge in [0.05, 0.1) is 5.02 Å². The second-order valence-electron chi connectivity index (χ2n) is 4.83. The summed E-state index contributed by atoms with van der Waals surface area (Å²) in [6.45, 7) is 0.745. The molecule has 1 aliphatic rings. The normalized spacial score (nSPS) is 18.6. The van der Waals surface area contributed by atoms with Crippen LogP contribution < -0.4 is 0 Å². The summed E-state index contributed by atoms with van der Waals surface area (Å²) >= 11 is 7.56. The van der Waals surface area contributed by atoms with Crippen LogP contribution in [0.5, 0.6) is 5.75 Å². The van der Waals surface area contributed by atoms with Crippen molar-refractivity contribution in [2.45, 2.75) is 18.9 Å². The number of aromatic nitrogens is 4. The Kier molecular flexibility index (Phi) is 3.06. The Hall–Kier alpha value is -1.70. The predicted octanol–water partition coefficient (Wildman–Crippen LogP) is 3.06. The molecule has 21 heavy (non-hydrogen) atoms. The van der Waals surface area contributed by atoms with Crippen LogP contribution in [0.25, 0.3) is 15.5 Å². The molecular formula is C13H11ClN4O2S. The lowest BCUT2D eigenvalue weighted by Gasteiger charge is -2.04. The SMILES string of the molecule is Oc1ccc(Cl)c(-c2nn3c(C4CCCO4)nnc3s2)c1. The van der Waals surface area contributed by atoms with Gasteiger partial charge in [0.2, 0.25) is 4.96 Å². The fourth-order valence-electron chi connectivity index (χ4n) is 2.40. The minimum Gasteiger partial charge on any atom is -0.508 e. The second-order valence-corrected chi connectivity index (χ2v) is 6.19. The molecular weight excluding hydrogens is 312 g/mol. The van der Waals surface area contributed by atoms with E-state index in [1.807, 2.05) is 0 Å². The number of phenols is 1. The standard InChI is InChI=1S/C13H11ClN4O2S/c14-9-4-3-7(19)6-8(9)12-17-18-11(10-2-1-5-20-10)15-16-13(18)21-12/h3-4,6,10,19H,1-2,5H2. The van der Waals surface area contributed by atoms with Gasteiger partial charge in [0.1, 0.15) is 16.9 Å². The molecule has 3 heterocycles. The number of phenolic OH excluding ortho intramolecular Hbond substituents is 1. The summed E-state index contributed by atoms with van der Waals surface area (Å²) in [7, 11) is 0. The molecule has 4 rings (SSSR count). The number of halogens is 1. The molecule has 0 saturated carbocycles. The van der Waals surface area contributed by atoms with Gasteiger partial charge in [0.25, 0.3) is 0 Å². The average Bonchev–Trinajstić information content (AvgIpc) is 3.15. The van der Waals surface area contributed by atoms with Crippen LogP contribution in [0.4, 0.5) is 0 Å². The number of nitrogens with zero attached hydrogens (tertiary/aromatic N) is 4. The van der Waals surface area contributed by atoms with Crippen LogP contribution in [0.3, 0.4) is 0 Å². The first kappa shape index (κ1) is 13.0. The Morgan fingerprint density at radius 3 is 3.10 bits per heavy atom. The third kappa shape index (κ3) is 2.17. The highest BCUT2D eigenvalue weighted by atomic mass is 35.5. The molecule has 3 aromatic rings. The van der Waals surface area contributed by atoms with Gasteiger partial charge in [-0.1, -0.05) is 22.9 Å². The van der Waals surface area contributed by atoms with Gasteiger partial charge in [0.15, 0.2) is 5.82 Å². The predicted molar refractivity (Wildman–Crippen MR) is 78.7 cm³/mol. The zero-order valence-corrected chi connectivity index (χ0v) is 12.4. The molecule has 1 fully saturated rings. The van der Waals surface area contributed by atoms with Gasteiger partial charge in [0, 0.05) is 12.2 Å². The number of rotatable bonds is 2. The number of hydrogen-bond acceptors (Lipinski definition) is 6. The molecule has 0 amide bonds. The third-order valence-corrected chi connectivity index (χ3v) is 4.67. The first-order valence-electron chi connectivity index (χ1n) is 6.55. The van der Waals surface area contributed by atoms with Crippen LogP contribution in [0, 0.1) is 0 Å². The van der Waals surface area contributed by atoms with E-state index in [2.05, 4.69) is 15.3 Å². The van der Waals surface area contributed by atoms with Crippen molar-refractivity contribution in [2.75, 3.05) is 6.61 Å². The van der Waals surface area contributed by atoms with Gasteiger partial charge in [-0.2, -0.15) is 9.61 Å². The second kappa shape index (κ2) is 4.94. The summed E-state index contributed by atoms with van der Waals surface area (Å²) in [6.07, 6.45) is 1.91. The highest BCUT2D eigenvalue weighted by molar-refractivity contribution is 7.19. The summed E-state index contributed by atoms with van der Waals surface area (Å²) in [5.74, 6) is 0.876. The molecule has 1 saturated heterocycles. The Bertz CT molecular complexity index is 810. The fourth-order valence-corrected chi connectivity index (χ4v) is 3.54. The molecule has 108 valence electrons. The van der Waals surface area contributed by atoms with Crippen molar-refractivity contribution < 1.29 is 9.84 Å². The lowest BCUT2D eigenvalue weighted by atomic mass is 10.2. The van der Waals surface area contributed by atoms with Gasteiger partial charge < -0.3 is 9.84 Å². The van der Waals surface area contributed by atoms with E-state index in [4.69, 9.17) is 16.3 Å². The molecule has 8 heteroatoms. The Morgan fingerprint density at radius 2 is 2.29 bits per heavy atom. The van der Waals surface area contributed by atoms with E-state index in [1.54, 1.807) is 22.7 Å². The summed E-state index contributed by atoms with van der Waals surface area (Å²) in [5.41, 5.74) is 0.686. The molecule has 1 aromatic carbocycles. The number of hydrogen-bond donors (Lipinski definition) is 1. The zero-order chi connectivity index (χ0) is 14.4. The molecule has 0 spiro atoms. The molecule has 1 N–H and O–H groups in total. The minimum absolute atomic E-state index is 0.0467. The van der Waals surface area contributed by atoms with E-state index in [0.717, 1.165) is 25.3 Å². The van der Waals surface area contributed by atoms with Crippen LogP contribution in [-0.2, 0) is 4.74 Å². The average molecular weight is 323 g/mol. The lowest BCUT2D eigenvalue weighted by molar-refractivity contribution is 0.103. The highest BCUT2D eigenvalue weighted by Crippen LogP contribution is 2.35. The number of aromatic hydroxyl groups is 1. The van der Waals surface area contributed by atoms with Crippen molar-refractivity contribution in [3.8, 4) is 16.3 Å². The molecule has 0 radical (unpaired) electrons. The van der Waals surface area contributed by atoms with Crippen LogP contribution in [0.2, 0.25) is 5.02 Å². The van der Waals surface area contributed by atoms with Crippen molar-refractivity contribution >= 4 is 27.9 Å². The van der Waals surface area contributed by atoms with Gasteiger partial charge in [-0.15, -0.1) is 10.2 Å². The van der Waals surface area contributed by atoms with Crippen molar-refractivity contribution in [2.24, 2.45) is 0 Å². The Morgan fingerprint density at radius 1 is 1.38 bits per heavy atom. The quantitative estimate of drug-likeness (QED) is 0.785. The summed E-state index contributed by atoms with van der Waals surface area (Å²) < 4.78 is 7.34. The van der Waals surface area contributed by atoms with Crippen LogP contribution >= 0.6 is 22.9 Å². The molecule has 1 unspecified atom stereocenters. The highest BCUT2D eigenvalue weighted by Gasteiger charge is 2.25. The largest absolute Gasteiger partial charge is 0.508 e. The fraction of sp³-hybridized carbons (Fsp3) is 0.308. The van der Waals surface area contributed by atoms with Crippen molar-refractivity contribution in [1.29, 1.82) is 0 Å². The van der Waals surface area contributed by atoms with E-state index in [9.17, 15) is 5.11 Å². The maximum atomic E-state index is 9.61.